The van der Waals surface area contributed by atoms with Crippen LogP contribution in [-0.4, -0.2) is 7.11 Å². The normalized spacial score (nSPS) is 30.5. The Morgan fingerprint density at radius 2 is 2.00 bits per heavy atom. The summed E-state index contributed by atoms with van der Waals surface area (Å²) in [5, 5.41) is 0. The van der Waals surface area contributed by atoms with Crippen LogP contribution in [0.25, 0.3) is 0 Å². The molecule has 0 aromatic heterocycles. The lowest BCUT2D eigenvalue weighted by molar-refractivity contribution is 0.189. The summed E-state index contributed by atoms with van der Waals surface area (Å²) >= 11 is 0. The van der Waals surface area contributed by atoms with Crippen LogP contribution in [0.1, 0.15) is 19.3 Å². The van der Waals surface area contributed by atoms with Crippen molar-refractivity contribution in [1.29, 1.82) is 0 Å². The first-order chi connectivity index (χ1) is 10.3. The van der Waals surface area contributed by atoms with Crippen molar-refractivity contribution in [1.82, 2.24) is 0 Å². The summed E-state index contributed by atoms with van der Waals surface area (Å²) in [6.07, 6.45) is 14.5. The molecule has 0 N–H and O–H groups in total. The third-order valence-electron chi connectivity index (χ3n) is 4.80. The van der Waals surface area contributed by atoms with Crippen LogP contribution in [0.15, 0.2) is 61.4 Å². The van der Waals surface area contributed by atoms with Gasteiger partial charge < -0.3 is 9.47 Å². The minimum absolute atomic E-state index is 0.100. The van der Waals surface area contributed by atoms with E-state index in [1.54, 1.807) is 7.11 Å². The van der Waals surface area contributed by atoms with Gasteiger partial charge in [0.25, 0.3) is 0 Å². The Kier molecular flexibility index (Phi) is 3.87. The topological polar surface area (TPSA) is 18.5 Å². The molecule has 0 aliphatic heterocycles. The molecular weight excluding hydrogens is 260 g/mol. The number of hydrogen-bond donors (Lipinski definition) is 0. The van der Waals surface area contributed by atoms with E-state index >= 15 is 0 Å². The lowest BCUT2D eigenvalue weighted by Gasteiger charge is -2.45. The predicted molar refractivity (Wildman–Crippen MR) is 85.4 cm³/mol. The summed E-state index contributed by atoms with van der Waals surface area (Å²) in [5.74, 6) is 2.93. The van der Waals surface area contributed by atoms with Crippen molar-refractivity contribution in [2.75, 3.05) is 7.11 Å². The molecule has 1 saturated carbocycles. The molecule has 3 aliphatic carbocycles. The molecule has 2 bridgehead atoms. The van der Waals surface area contributed by atoms with E-state index in [-0.39, 0.29) is 5.41 Å². The van der Waals surface area contributed by atoms with E-state index in [4.69, 9.17) is 9.47 Å². The molecule has 1 fully saturated rings. The van der Waals surface area contributed by atoms with Gasteiger partial charge in [-0.1, -0.05) is 18.2 Å². The van der Waals surface area contributed by atoms with E-state index < -0.39 is 0 Å². The van der Waals surface area contributed by atoms with Gasteiger partial charge in [0, 0.05) is 5.41 Å². The molecule has 110 valence electrons. The highest BCUT2D eigenvalue weighted by Crippen LogP contribution is 2.51. The minimum Gasteiger partial charge on any atom is -0.497 e. The second-order valence-electron chi connectivity index (χ2n) is 5.94. The van der Waals surface area contributed by atoms with Crippen molar-refractivity contribution in [2.45, 2.75) is 19.3 Å². The maximum Gasteiger partial charge on any atom is 0.126 e. The zero-order valence-corrected chi connectivity index (χ0v) is 12.5. The fraction of sp³-hybridized carbons (Fsp3) is 0.368. The average Bonchev–Trinajstić information content (AvgIpc) is 2.56. The van der Waals surface area contributed by atoms with Crippen molar-refractivity contribution < 1.29 is 9.47 Å². The molecule has 4 rings (SSSR count). The third kappa shape index (κ3) is 2.76. The predicted octanol–water partition coefficient (Wildman–Crippen LogP) is 4.75. The van der Waals surface area contributed by atoms with Gasteiger partial charge in [0.15, 0.2) is 0 Å². The Bertz CT molecular complexity index is 555. The number of methoxy groups -OCH3 is 1. The number of ether oxygens (including phenoxy) is 2. The summed E-state index contributed by atoms with van der Waals surface area (Å²) in [4.78, 5) is 0. The van der Waals surface area contributed by atoms with Crippen molar-refractivity contribution in [2.24, 2.45) is 17.3 Å². The van der Waals surface area contributed by atoms with Gasteiger partial charge in [-0.25, -0.2) is 0 Å². The SMILES string of the molecule is C=C[C@H]1C[C@H]2C=C[C@@]1(/C=C\Oc1ccc(OC)cc1)CC2. The van der Waals surface area contributed by atoms with Crippen LogP contribution in [-0.2, 0) is 0 Å². The zero-order chi connectivity index (χ0) is 14.7. The smallest absolute Gasteiger partial charge is 0.126 e. The van der Waals surface area contributed by atoms with Gasteiger partial charge in [-0.2, -0.15) is 0 Å². The molecule has 2 heteroatoms. The van der Waals surface area contributed by atoms with Crippen LogP contribution in [0.2, 0.25) is 0 Å². The molecule has 0 amide bonds. The molecule has 1 aromatic rings. The molecule has 0 heterocycles. The average molecular weight is 282 g/mol. The lowest BCUT2D eigenvalue weighted by atomic mass is 9.59. The molecule has 3 aliphatic rings. The van der Waals surface area contributed by atoms with Gasteiger partial charge in [-0.05, 0) is 61.4 Å². The lowest BCUT2D eigenvalue weighted by Crippen LogP contribution is -2.36. The molecule has 2 nitrogen and oxygen atoms in total. The first-order valence-corrected chi connectivity index (χ1v) is 7.56. The minimum atomic E-state index is 0.100. The van der Waals surface area contributed by atoms with Crippen LogP contribution in [0.3, 0.4) is 0 Å². The number of hydrogen-bond acceptors (Lipinski definition) is 2. The molecule has 0 unspecified atom stereocenters. The van der Waals surface area contributed by atoms with Gasteiger partial charge in [-0.15, -0.1) is 6.58 Å². The van der Waals surface area contributed by atoms with Crippen LogP contribution in [0.5, 0.6) is 11.5 Å². The number of rotatable bonds is 5. The van der Waals surface area contributed by atoms with Crippen molar-refractivity contribution in [3.8, 4) is 11.5 Å². The molecule has 3 atom stereocenters. The Balaban J connectivity index is 1.70. The highest BCUT2D eigenvalue weighted by atomic mass is 16.5. The molecule has 21 heavy (non-hydrogen) atoms. The highest BCUT2D eigenvalue weighted by Gasteiger charge is 2.41. The Hall–Kier alpha value is -1.96. The fourth-order valence-corrected chi connectivity index (χ4v) is 3.45. The van der Waals surface area contributed by atoms with Crippen molar-refractivity contribution in [3.05, 3.63) is 61.4 Å². The summed E-state index contributed by atoms with van der Waals surface area (Å²) in [7, 11) is 1.66. The summed E-state index contributed by atoms with van der Waals surface area (Å²) < 4.78 is 10.9. The molecule has 0 radical (unpaired) electrons. The van der Waals surface area contributed by atoms with Crippen LogP contribution < -0.4 is 9.47 Å². The summed E-state index contributed by atoms with van der Waals surface area (Å²) in [6.45, 7) is 4.01. The molecule has 0 saturated heterocycles. The van der Waals surface area contributed by atoms with Crippen LogP contribution in [0.4, 0.5) is 0 Å². The molecular formula is C19H22O2. The van der Waals surface area contributed by atoms with Gasteiger partial charge in [0.05, 0.1) is 13.4 Å². The van der Waals surface area contributed by atoms with Crippen molar-refractivity contribution in [3.63, 3.8) is 0 Å². The van der Waals surface area contributed by atoms with E-state index in [0.29, 0.717) is 5.92 Å². The molecule has 0 spiro atoms. The number of allylic oxidation sites excluding steroid dienone is 4. The van der Waals surface area contributed by atoms with E-state index in [2.05, 4.69) is 30.9 Å². The monoisotopic (exact) mass is 282 g/mol. The number of benzene rings is 1. The Morgan fingerprint density at radius 3 is 2.62 bits per heavy atom. The maximum absolute atomic E-state index is 5.74. The standard InChI is InChI=1S/C19H22O2/c1-3-16-14-15-8-10-19(16,11-9-15)12-13-21-18-6-4-17(20-2)5-7-18/h3-8,10,12-13,15-16H,1,9,11,14H2,2H3/b13-12-/t15-,16-,19-/m0/s1. The Labute approximate surface area is 126 Å². The van der Waals surface area contributed by atoms with Gasteiger partial charge >= 0.3 is 0 Å². The van der Waals surface area contributed by atoms with E-state index in [1.165, 1.54) is 19.3 Å². The number of fused-ring (bicyclic) bond motifs is 2. The highest BCUT2D eigenvalue weighted by molar-refractivity contribution is 5.32. The first kappa shape index (κ1) is 14.0. The van der Waals surface area contributed by atoms with E-state index in [0.717, 1.165) is 17.4 Å². The molecule has 1 aromatic carbocycles. The van der Waals surface area contributed by atoms with E-state index in [9.17, 15) is 0 Å². The van der Waals surface area contributed by atoms with Crippen LogP contribution >= 0.6 is 0 Å². The zero-order valence-electron chi connectivity index (χ0n) is 12.5. The second kappa shape index (κ2) is 5.80. The van der Waals surface area contributed by atoms with Gasteiger partial charge in [0.2, 0.25) is 0 Å². The van der Waals surface area contributed by atoms with Gasteiger partial charge in [-0.3, -0.25) is 0 Å². The van der Waals surface area contributed by atoms with Gasteiger partial charge in [0.1, 0.15) is 11.5 Å². The second-order valence-corrected chi connectivity index (χ2v) is 5.94. The largest absolute Gasteiger partial charge is 0.497 e. The fourth-order valence-electron chi connectivity index (χ4n) is 3.45. The summed E-state index contributed by atoms with van der Waals surface area (Å²) in [6, 6.07) is 7.64. The van der Waals surface area contributed by atoms with Crippen LogP contribution in [0, 0.1) is 17.3 Å². The summed E-state index contributed by atoms with van der Waals surface area (Å²) in [5.41, 5.74) is 0.100. The third-order valence-corrected chi connectivity index (χ3v) is 4.80. The first-order valence-electron chi connectivity index (χ1n) is 7.56. The quantitative estimate of drug-likeness (QED) is 0.573. The maximum atomic E-state index is 5.74. The van der Waals surface area contributed by atoms with E-state index in [1.807, 2.05) is 30.5 Å². The van der Waals surface area contributed by atoms with Crippen molar-refractivity contribution >= 4 is 0 Å². The Morgan fingerprint density at radius 1 is 1.24 bits per heavy atom.